The molecule has 20 heavy (non-hydrogen) atoms. The largest absolute Gasteiger partial charge is 0.495 e. The van der Waals surface area contributed by atoms with Gasteiger partial charge in [-0.1, -0.05) is 31.9 Å². The van der Waals surface area contributed by atoms with Crippen LogP contribution in [0.15, 0.2) is 12.1 Å². The summed E-state index contributed by atoms with van der Waals surface area (Å²) in [7, 11) is 3.29. The molecule has 1 aromatic carbocycles. The van der Waals surface area contributed by atoms with E-state index in [1.165, 1.54) is 25.7 Å². The van der Waals surface area contributed by atoms with Crippen LogP contribution in [0.4, 0.5) is 5.69 Å². The lowest BCUT2D eigenvalue weighted by atomic mass is 9.75. The Labute approximate surface area is 126 Å². The summed E-state index contributed by atoms with van der Waals surface area (Å²) in [4.78, 5) is 0. The zero-order valence-electron chi connectivity index (χ0n) is 12.8. The molecule has 1 N–H and O–H groups in total. The van der Waals surface area contributed by atoms with E-state index in [1.807, 2.05) is 6.07 Å². The van der Waals surface area contributed by atoms with Gasteiger partial charge >= 0.3 is 0 Å². The normalized spacial score (nSPS) is 21.4. The second kappa shape index (κ2) is 6.13. The molecule has 1 fully saturated rings. The van der Waals surface area contributed by atoms with Crippen molar-refractivity contribution in [3.8, 4) is 11.5 Å². The summed E-state index contributed by atoms with van der Waals surface area (Å²) in [5.74, 6) is 1.43. The zero-order chi connectivity index (χ0) is 14.8. The van der Waals surface area contributed by atoms with E-state index in [-0.39, 0.29) is 0 Å². The third-order valence-corrected chi connectivity index (χ3v) is 4.33. The predicted molar refractivity (Wildman–Crippen MR) is 84.2 cm³/mol. The highest BCUT2D eigenvalue weighted by atomic mass is 35.5. The monoisotopic (exact) mass is 297 g/mol. The number of hydrogen-bond acceptors (Lipinski definition) is 3. The highest BCUT2D eigenvalue weighted by Crippen LogP contribution is 2.40. The van der Waals surface area contributed by atoms with Crippen LogP contribution in [-0.2, 0) is 0 Å². The van der Waals surface area contributed by atoms with Crippen LogP contribution in [0.5, 0.6) is 11.5 Å². The molecular weight excluding hydrogens is 274 g/mol. The van der Waals surface area contributed by atoms with Crippen molar-refractivity contribution in [2.75, 3.05) is 19.5 Å². The highest BCUT2D eigenvalue weighted by molar-refractivity contribution is 6.32. The first kappa shape index (κ1) is 15.3. The summed E-state index contributed by atoms with van der Waals surface area (Å²) in [6.07, 6.45) is 4.92. The lowest BCUT2D eigenvalue weighted by Gasteiger charge is -2.36. The van der Waals surface area contributed by atoms with E-state index in [9.17, 15) is 0 Å². The third kappa shape index (κ3) is 3.51. The summed E-state index contributed by atoms with van der Waals surface area (Å²) < 4.78 is 10.7. The Hall–Kier alpha value is -1.09. The maximum Gasteiger partial charge on any atom is 0.143 e. The van der Waals surface area contributed by atoms with Crippen LogP contribution in [-0.4, -0.2) is 20.3 Å². The van der Waals surface area contributed by atoms with E-state index < -0.39 is 0 Å². The van der Waals surface area contributed by atoms with Gasteiger partial charge in [-0.2, -0.15) is 0 Å². The lowest BCUT2D eigenvalue weighted by molar-refractivity contribution is 0.229. The molecular formula is C16H24ClNO2. The molecule has 1 unspecified atom stereocenters. The molecule has 2 rings (SSSR count). The van der Waals surface area contributed by atoms with Crippen LogP contribution in [0, 0.1) is 5.41 Å². The van der Waals surface area contributed by atoms with Gasteiger partial charge in [-0.05, 0) is 24.7 Å². The molecule has 0 amide bonds. The summed E-state index contributed by atoms with van der Waals surface area (Å²) in [5.41, 5.74) is 1.36. The summed E-state index contributed by atoms with van der Waals surface area (Å²) in [5, 5.41) is 4.16. The van der Waals surface area contributed by atoms with Gasteiger partial charge in [-0.25, -0.2) is 0 Å². The standard InChI is InChI=1S/C16H24ClNO2/c1-16(2)7-5-6-11(10-16)18-13-9-14(19-3)12(17)8-15(13)20-4/h8-9,11,18H,5-7,10H2,1-4H3. The topological polar surface area (TPSA) is 30.5 Å². The van der Waals surface area contributed by atoms with Crippen molar-refractivity contribution >= 4 is 17.3 Å². The van der Waals surface area contributed by atoms with E-state index in [0.717, 1.165) is 11.4 Å². The van der Waals surface area contributed by atoms with Gasteiger partial charge < -0.3 is 14.8 Å². The molecule has 1 aromatic rings. The van der Waals surface area contributed by atoms with Crippen molar-refractivity contribution < 1.29 is 9.47 Å². The van der Waals surface area contributed by atoms with Crippen molar-refractivity contribution in [3.63, 3.8) is 0 Å². The molecule has 0 aliphatic heterocycles. The fourth-order valence-corrected chi connectivity index (χ4v) is 3.25. The van der Waals surface area contributed by atoms with Crippen molar-refractivity contribution in [2.45, 2.75) is 45.6 Å². The SMILES string of the molecule is COc1cc(NC2CCCC(C)(C)C2)c(OC)cc1Cl. The fraction of sp³-hybridized carbons (Fsp3) is 0.625. The Morgan fingerprint density at radius 1 is 1.20 bits per heavy atom. The zero-order valence-corrected chi connectivity index (χ0v) is 13.5. The van der Waals surface area contributed by atoms with Gasteiger partial charge in [0.25, 0.3) is 0 Å². The first-order valence-electron chi connectivity index (χ1n) is 7.13. The molecule has 1 aliphatic rings. The van der Waals surface area contributed by atoms with Crippen molar-refractivity contribution in [3.05, 3.63) is 17.2 Å². The first-order valence-corrected chi connectivity index (χ1v) is 7.51. The van der Waals surface area contributed by atoms with E-state index in [1.54, 1.807) is 20.3 Å². The van der Waals surface area contributed by atoms with E-state index in [2.05, 4.69) is 19.2 Å². The second-order valence-corrected chi connectivity index (χ2v) is 6.70. The average molecular weight is 298 g/mol. The van der Waals surface area contributed by atoms with Crippen LogP contribution in [0.3, 0.4) is 0 Å². The molecule has 0 bridgehead atoms. The fourth-order valence-electron chi connectivity index (χ4n) is 3.01. The molecule has 112 valence electrons. The molecule has 1 atom stereocenters. The molecule has 3 nitrogen and oxygen atoms in total. The van der Waals surface area contributed by atoms with E-state index in [4.69, 9.17) is 21.1 Å². The van der Waals surface area contributed by atoms with Crippen LogP contribution in [0.25, 0.3) is 0 Å². The lowest BCUT2D eigenvalue weighted by Crippen LogP contribution is -2.31. The smallest absolute Gasteiger partial charge is 0.143 e. The van der Waals surface area contributed by atoms with Crippen LogP contribution in [0.2, 0.25) is 5.02 Å². The van der Waals surface area contributed by atoms with Gasteiger partial charge in [0.2, 0.25) is 0 Å². The number of methoxy groups -OCH3 is 2. The van der Waals surface area contributed by atoms with Crippen molar-refractivity contribution in [2.24, 2.45) is 5.41 Å². The first-order chi connectivity index (χ1) is 9.45. The van der Waals surface area contributed by atoms with Crippen molar-refractivity contribution in [1.29, 1.82) is 0 Å². The van der Waals surface area contributed by atoms with Gasteiger partial charge in [0.05, 0.1) is 24.9 Å². The second-order valence-electron chi connectivity index (χ2n) is 6.29. The Balaban J connectivity index is 2.19. The Kier molecular flexibility index (Phi) is 4.69. The number of anilines is 1. The number of hydrogen-bond donors (Lipinski definition) is 1. The van der Waals surface area contributed by atoms with E-state index in [0.29, 0.717) is 22.2 Å². The molecule has 0 saturated heterocycles. The number of halogens is 1. The molecule has 4 heteroatoms. The molecule has 0 spiro atoms. The Morgan fingerprint density at radius 2 is 1.90 bits per heavy atom. The number of benzene rings is 1. The van der Waals surface area contributed by atoms with Gasteiger partial charge in [0, 0.05) is 18.2 Å². The Morgan fingerprint density at radius 3 is 2.50 bits per heavy atom. The van der Waals surface area contributed by atoms with Gasteiger partial charge in [-0.3, -0.25) is 0 Å². The van der Waals surface area contributed by atoms with Gasteiger partial charge in [-0.15, -0.1) is 0 Å². The number of ether oxygens (including phenoxy) is 2. The number of rotatable bonds is 4. The minimum Gasteiger partial charge on any atom is -0.495 e. The predicted octanol–water partition coefficient (Wildman–Crippen LogP) is 4.74. The van der Waals surface area contributed by atoms with Gasteiger partial charge in [0.15, 0.2) is 0 Å². The molecule has 0 radical (unpaired) electrons. The van der Waals surface area contributed by atoms with Crippen LogP contribution >= 0.6 is 11.6 Å². The quantitative estimate of drug-likeness (QED) is 0.871. The van der Waals surface area contributed by atoms with Crippen LogP contribution in [0.1, 0.15) is 39.5 Å². The summed E-state index contributed by atoms with van der Waals surface area (Å²) in [6, 6.07) is 4.19. The number of nitrogens with one attached hydrogen (secondary N) is 1. The van der Waals surface area contributed by atoms with Crippen molar-refractivity contribution in [1.82, 2.24) is 0 Å². The maximum absolute atomic E-state index is 6.14. The highest BCUT2D eigenvalue weighted by Gasteiger charge is 2.28. The van der Waals surface area contributed by atoms with Gasteiger partial charge in [0.1, 0.15) is 11.5 Å². The Bertz CT molecular complexity index is 474. The molecule has 0 heterocycles. The minimum atomic E-state index is 0.402. The molecule has 1 aliphatic carbocycles. The summed E-state index contributed by atoms with van der Waals surface area (Å²) in [6.45, 7) is 4.67. The average Bonchev–Trinajstić information content (AvgIpc) is 2.39. The molecule has 1 saturated carbocycles. The summed E-state index contributed by atoms with van der Waals surface area (Å²) >= 11 is 6.14. The third-order valence-electron chi connectivity index (χ3n) is 4.04. The minimum absolute atomic E-state index is 0.402. The van der Waals surface area contributed by atoms with E-state index >= 15 is 0 Å². The molecule has 0 aromatic heterocycles. The van der Waals surface area contributed by atoms with Crippen LogP contribution < -0.4 is 14.8 Å². The maximum atomic E-state index is 6.14.